The summed E-state index contributed by atoms with van der Waals surface area (Å²) in [4.78, 5) is 35.2. The van der Waals surface area contributed by atoms with Gasteiger partial charge in [-0.2, -0.15) is 13.2 Å². The number of hydrogen-bond donors (Lipinski definition) is 1. The van der Waals surface area contributed by atoms with E-state index in [1.165, 1.54) is 0 Å². The number of carbonyl (C=O) groups is 2. The van der Waals surface area contributed by atoms with Crippen LogP contribution in [0.2, 0.25) is 0 Å². The number of halogens is 3. The molecule has 37 heavy (non-hydrogen) atoms. The highest BCUT2D eigenvalue weighted by Crippen LogP contribution is 2.45. The van der Waals surface area contributed by atoms with Crippen molar-refractivity contribution in [1.82, 2.24) is 15.1 Å². The maximum Gasteiger partial charge on any atom is 0.435 e. The van der Waals surface area contributed by atoms with E-state index in [9.17, 15) is 22.8 Å². The van der Waals surface area contributed by atoms with E-state index in [-0.39, 0.29) is 5.70 Å². The number of fused-ring (bicyclic) bond motifs is 2. The van der Waals surface area contributed by atoms with Crippen LogP contribution in [-0.2, 0) is 9.59 Å². The van der Waals surface area contributed by atoms with Crippen LogP contribution >= 0.6 is 11.8 Å². The summed E-state index contributed by atoms with van der Waals surface area (Å²) in [7, 11) is 1.90. The summed E-state index contributed by atoms with van der Waals surface area (Å²) in [5.41, 5.74) is 2.47. The largest absolute Gasteiger partial charge is 0.435 e. The van der Waals surface area contributed by atoms with Gasteiger partial charge >= 0.3 is 6.18 Å². The van der Waals surface area contributed by atoms with Gasteiger partial charge < -0.3 is 15.1 Å². The first-order valence-electron chi connectivity index (χ1n) is 12.1. The minimum Gasteiger partial charge on any atom is -0.367 e. The van der Waals surface area contributed by atoms with Crippen LogP contribution in [0.4, 0.5) is 13.2 Å². The highest BCUT2D eigenvalue weighted by molar-refractivity contribution is 7.99. The van der Waals surface area contributed by atoms with E-state index in [0.29, 0.717) is 26.2 Å². The molecule has 1 N–H and O–H groups in total. The van der Waals surface area contributed by atoms with Crippen molar-refractivity contribution in [2.45, 2.75) is 35.9 Å². The quantitative estimate of drug-likeness (QED) is 0.603. The molecule has 1 saturated heterocycles. The molecule has 0 bridgehead atoms. The molecule has 1 fully saturated rings. The third-order valence-corrected chi connectivity index (χ3v) is 8.06. The molecule has 0 radical (unpaired) electrons. The summed E-state index contributed by atoms with van der Waals surface area (Å²) in [5, 5.41) is 2.96. The van der Waals surface area contributed by atoms with E-state index in [0.717, 1.165) is 38.1 Å². The van der Waals surface area contributed by atoms with Crippen LogP contribution in [0.15, 0.2) is 63.0 Å². The second kappa shape index (κ2) is 9.64. The molecule has 2 aromatic rings. The average molecular weight is 529 g/mol. The lowest BCUT2D eigenvalue weighted by Gasteiger charge is -2.37. The lowest BCUT2D eigenvalue weighted by atomic mass is 9.94. The third kappa shape index (κ3) is 5.04. The van der Waals surface area contributed by atoms with E-state index in [1.807, 2.05) is 62.2 Å². The summed E-state index contributed by atoms with van der Waals surface area (Å²) < 4.78 is 41.5. The Morgan fingerprint density at radius 2 is 1.57 bits per heavy atom. The summed E-state index contributed by atoms with van der Waals surface area (Å²) in [6, 6.07) is 11.3. The van der Waals surface area contributed by atoms with Gasteiger partial charge in [0.2, 0.25) is 5.91 Å². The second-order valence-corrected chi connectivity index (χ2v) is 10.8. The van der Waals surface area contributed by atoms with Crippen molar-refractivity contribution in [2.24, 2.45) is 10.9 Å². The first kappa shape index (κ1) is 25.5. The monoisotopic (exact) mass is 528 g/mol. The zero-order valence-electron chi connectivity index (χ0n) is 20.7. The molecule has 10 heteroatoms. The van der Waals surface area contributed by atoms with Crippen LogP contribution in [0.1, 0.15) is 28.3 Å². The Morgan fingerprint density at radius 3 is 2.11 bits per heavy atom. The number of carbonyl (C=O) groups excluding carboxylic acids is 2. The highest BCUT2D eigenvalue weighted by Gasteiger charge is 2.45. The molecule has 3 heterocycles. The molecule has 194 valence electrons. The van der Waals surface area contributed by atoms with Gasteiger partial charge in [-0.25, -0.2) is 4.99 Å². The number of aryl methyl sites for hydroxylation is 2. The Kier molecular flexibility index (Phi) is 6.66. The van der Waals surface area contributed by atoms with Gasteiger partial charge in [0.1, 0.15) is 5.92 Å². The van der Waals surface area contributed by atoms with Gasteiger partial charge in [0.15, 0.2) is 5.71 Å². The number of allylic oxidation sites excluding steroid dienone is 1. The van der Waals surface area contributed by atoms with Gasteiger partial charge in [0, 0.05) is 36.0 Å². The molecule has 5 rings (SSSR count). The van der Waals surface area contributed by atoms with Gasteiger partial charge in [-0.1, -0.05) is 36.0 Å². The fraction of sp³-hybridized carbons (Fsp3) is 0.370. The Labute approximate surface area is 217 Å². The SMILES string of the molecule is Cc1ccc2c(c1)Sc1cc(C)ccc1C2NC(=O)C1C=C(N2CCN(C)CC2)C(C(F)(F)F)=NC1=O. The van der Waals surface area contributed by atoms with Crippen LogP contribution in [0.25, 0.3) is 0 Å². The minimum atomic E-state index is -4.81. The number of benzene rings is 2. The van der Waals surface area contributed by atoms with Crippen LogP contribution in [-0.4, -0.2) is 66.7 Å². The third-order valence-electron chi connectivity index (χ3n) is 6.92. The first-order chi connectivity index (χ1) is 17.5. The van der Waals surface area contributed by atoms with E-state index >= 15 is 0 Å². The molecule has 0 spiro atoms. The predicted molar refractivity (Wildman–Crippen MR) is 136 cm³/mol. The molecule has 3 aliphatic rings. The number of hydrogen-bond acceptors (Lipinski definition) is 5. The fourth-order valence-corrected chi connectivity index (χ4v) is 6.19. The molecule has 1 unspecified atom stereocenters. The van der Waals surface area contributed by atoms with Gasteiger partial charge in [-0.05, 0) is 61.4 Å². The summed E-state index contributed by atoms with van der Waals surface area (Å²) in [6.45, 7) is 5.81. The number of nitrogens with zero attached hydrogens (tertiary/aromatic N) is 3. The Balaban J connectivity index is 1.49. The molecular formula is C27H27F3N4O2S. The number of nitrogens with one attached hydrogen (secondary N) is 1. The fourth-order valence-electron chi connectivity index (χ4n) is 4.85. The molecule has 2 amide bonds. The van der Waals surface area contributed by atoms with E-state index < -0.39 is 35.7 Å². The summed E-state index contributed by atoms with van der Waals surface area (Å²) >= 11 is 1.61. The minimum absolute atomic E-state index is 0.202. The van der Waals surface area contributed by atoms with Crippen molar-refractivity contribution in [3.05, 3.63) is 70.4 Å². The van der Waals surface area contributed by atoms with Gasteiger partial charge in [0.05, 0.1) is 11.7 Å². The molecule has 2 aromatic carbocycles. The van der Waals surface area contributed by atoms with Crippen molar-refractivity contribution in [3.63, 3.8) is 0 Å². The molecule has 0 saturated carbocycles. The van der Waals surface area contributed by atoms with Crippen molar-refractivity contribution in [1.29, 1.82) is 0 Å². The van der Waals surface area contributed by atoms with Crippen molar-refractivity contribution < 1.29 is 22.8 Å². The smallest absolute Gasteiger partial charge is 0.367 e. The number of amides is 2. The van der Waals surface area contributed by atoms with Gasteiger partial charge in [-0.15, -0.1) is 0 Å². The number of alkyl halides is 3. The highest BCUT2D eigenvalue weighted by atomic mass is 32.2. The number of rotatable bonds is 3. The Morgan fingerprint density at radius 1 is 1.00 bits per heavy atom. The first-order valence-corrected chi connectivity index (χ1v) is 12.9. The van der Waals surface area contributed by atoms with E-state index in [1.54, 1.807) is 16.7 Å². The van der Waals surface area contributed by atoms with E-state index in [4.69, 9.17) is 0 Å². The normalized spacial score (nSPS) is 20.6. The summed E-state index contributed by atoms with van der Waals surface area (Å²) in [6.07, 6.45) is -3.66. The maximum absolute atomic E-state index is 13.8. The Bertz CT molecular complexity index is 1280. The van der Waals surface area contributed by atoms with Crippen LogP contribution in [0.3, 0.4) is 0 Å². The van der Waals surface area contributed by atoms with Crippen molar-refractivity contribution in [2.75, 3.05) is 33.2 Å². The standard InChI is InChI=1S/C27H27F3N4O2S/c1-15-4-6-17-21(12-15)37-22-13-16(2)5-7-18(22)23(17)31-25(35)19-14-20(34-10-8-33(3)9-11-34)24(27(28,29)30)32-26(19)36/h4-7,12-14,19,23H,8-11H2,1-3H3,(H,31,35). The van der Waals surface area contributed by atoms with Crippen molar-refractivity contribution >= 4 is 29.3 Å². The Hall–Kier alpha value is -3.11. The van der Waals surface area contributed by atoms with E-state index in [2.05, 4.69) is 10.3 Å². The van der Waals surface area contributed by atoms with Crippen LogP contribution < -0.4 is 5.32 Å². The number of dihydropyridines is 1. The number of piperazine rings is 1. The lowest BCUT2D eigenvalue weighted by Crippen LogP contribution is -2.49. The van der Waals surface area contributed by atoms with Crippen LogP contribution in [0.5, 0.6) is 0 Å². The van der Waals surface area contributed by atoms with Crippen LogP contribution in [0, 0.1) is 19.8 Å². The second-order valence-electron chi connectivity index (χ2n) is 9.74. The number of likely N-dealkylation sites (N-methyl/N-ethyl adjacent to an activating group) is 1. The zero-order valence-corrected chi connectivity index (χ0v) is 21.5. The zero-order chi connectivity index (χ0) is 26.5. The number of aliphatic imine (C=N–C) groups is 1. The molecule has 0 aromatic heterocycles. The molecule has 6 nitrogen and oxygen atoms in total. The molecule has 1 atom stereocenters. The van der Waals surface area contributed by atoms with Gasteiger partial charge in [-0.3, -0.25) is 9.59 Å². The average Bonchev–Trinajstić information content (AvgIpc) is 2.83. The lowest BCUT2D eigenvalue weighted by molar-refractivity contribution is -0.132. The molecule has 0 aliphatic carbocycles. The topological polar surface area (TPSA) is 65.0 Å². The maximum atomic E-state index is 13.8. The van der Waals surface area contributed by atoms with Crippen molar-refractivity contribution in [3.8, 4) is 0 Å². The summed E-state index contributed by atoms with van der Waals surface area (Å²) in [5.74, 6) is -3.23. The molecule has 3 aliphatic heterocycles. The molecular weight excluding hydrogens is 501 g/mol. The predicted octanol–water partition coefficient (Wildman–Crippen LogP) is 4.26. The van der Waals surface area contributed by atoms with Gasteiger partial charge in [0.25, 0.3) is 5.91 Å².